The minimum Gasteiger partial charge on any atom is -0.326 e. The largest absolute Gasteiger partial charge is 0.326 e. The molecule has 0 fully saturated rings. The fourth-order valence-corrected chi connectivity index (χ4v) is 1.64. The molecule has 0 unspecified atom stereocenters. The van der Waals surface area contributed by atoms with Gasteiger partial charge < -0.3 is 5.73 Å². The summed E-state index contributed by atoms with van der Waals surface area (Å²) < 4.78 is 13.2. The van der Waals surface area contributed by atoms with E-state index >= 15 is 0 Å². The second-order valence-electron chi connectivity index (χ2n) is 2.72. The van der Waals surface area contributed by atoms with Gasteiger partial charge in [0.05, 0.1) is 16.9 Å². The highest BCUT2D eigenvalue weighted by Gasteiger charge is 2.06. The molecule has 0 bridgehead atoms. The van der Waals surface area contributed by atoms with Gasteiger partial charge in [-0.25, -0.2) is 9.97 Å². The van der Waals surface area contributed by atoms with Crippen molar-refractivity contribution >= 4 is 11.3 Å². The Balaban J connectivity index is 2.43. The van der Waals surface area contributed by atoms with Crippen LogP contribution in [0, 0.1) is 5.95 Å². The van der Waals surface area contributed by atoms with E-state index in [1.165, 1.54) is 11.3 Å². The van der Waals surface area contributed by atoms with Crippen LogP contribution >= 0.6 is 11.3 Å². The van der Waals surface area contributed by atoms with Gasteiger partial charge >= 0.3 is 0 Å². The Morgan fingerprint density at radius 2 is 2.21 bits per heavy atom. The predicted octanol–water partition coefficient (Wildman–Crippen LogP) is 1.80. The van der Waals surface area contributed by atoms with E-state index < -0.39 is 5.95 Å². The zero-order valence-electron chi connectivity index (χ0n) is 7.27. The molecule has 5 heteroatoms. The predicted molar refractivity (Wildman–Crippen MR) is 53.2 cm³/mol. The number of nitrogens with two attached hydrogens (primary N) is 1. The lowest BCUT2D eigenvalue weighted by molar-refractivity contribution is 0.568. The summed E-state index contributed by atoms with van der Waals surface area (Å²) >= 11 is 1.45. The molecule has 0 aliphatic carbocycles. The first kappa shape index (κ1) is 9.23. The van der Waals surface area contributed by atoms with Gasteiger partial charge in [0.15, 0.2) is 0 Å². The van der Waals surface area contributed by atoms with Crippen molar-refractivity contribution in [3.63, 3.8) is 0 Å². The minimum absolute atomic E-state index is 0.163. The second kappa shape index (κ2) is 3.81. The van der Waals surface area contributed by atoms with Gasteiger partial charge in [0.25, 0.3) is 0 Å². The van der Waals surface area contributed by atoms with Crippen LogP contribution in [-0.2, 0) is 6.54 Å². The van der Waals surface area contributed by atoms with Crippen molar-refractivity contribution in [2.45, 2.75) is 6.54 Å². The molecule has 0 aliphatic heterocycles. The number of hydrogen-bond donors (Lipinski definition) is 1. The maximum Gasteiger partial charge on any atom is 0.217 e. The first-order chi connectivity index (χ1) is 6.81. The molecule has 0 spiro atoms. The Labute approximate surface area is 84.4 Å². The molecule has 2 rings (SSSR count). The molecule has 0 aromatic carbocycles. The SMILES string of the molecule is NCc1ccc(-c2cscn2)nc1F. The van der Waals surface area contributed by atoms with Crippen molar-refractivity contribution in [1.29, 1.82) is 0 Å². The van der Waals surface area contributed by atoms with Gasteiger partial charge in [0.1, 0.15) is 0 Å². The molecule has 2 aromatic rings. The Morgan fingerprint density at radius 1 is 1.36 bits per heavy atom. The van der Waals surface area contributed by atoms with Crippen LogP contribution in [0.3, 0.4) is 0 Å². The average molecular weight is 209 g/mol. The molecule has 0 amide bonds. The van der Waals surface area contributed by atoms with Crippen molar-refractivity contribution in [1.82, 2.24) is 9.97 Å². The quantitative estimate of drug-likeness (QED) is 0.767. The third-order valence-electron chi connectivity index (χ3n) is 1.84. The van der Waals surface area contributed by atoms with Crippen LogP contribution in [0.2, 0.25) is 0 Å². The Bertz CT molecular complexity index is 428. The van der Waals surface area contributed by atoms with Gasteiger partial charge in [0, 0.05) is 17.5 Å². The topological polar surface area (TPSA) is 51.8 Å². The molecule has 3 nitrogen and oxygen atoms in total. The van der Waals surface area contributed by atoms with E-state index in [-0.39, 0.29) is 6.54 Å². The monoisotopic (exact) mass is 209 g/mol. The summed E-state index contributed by atoms with van der Waals surface area (Å²) in [6, 6.07) is 3.36. The van der Waals surface area contributed by atoms with Gasteiger partial charge in [-0.15, -0.1) is 11.3 Å². The molecule has 72 valence electrons. The first-order valence-corrected chi connectivity index (χ1v) is 4.99. The van der Waals surface area contributed by atoms with Crippen LogP contribution in [0.4, 0.5) is 4.39 Å². The van der Waals surface area contributed by atoms with Gasteiger partial charge in [-0.1, -0.05) is 6.07 Å². The molecule has 2 heterocycles. The standard InChI is InChI=1S/C9H8FN3S/c10-9-6(3-11)1-2-7(13-9)8-4-14-5-12-8/h1-2,4-5H,3,11H2. The summed E-state index contributed by atoms with van der Waals surface area (Å²) in [7, 11) is 0. The molecule has 0 radical (unpaired) electrons. The van der Waals surface area contributed by atoms with E-state index in [0.717, 1.165) is 0 Å². The Morgan fingerprint density at radius 3 is 2.79 bits per heavy atom. The van der Waals surface area contributed by atoms with Crippen molar-refractivity contribution in [2.24, 2.45) is 5.73 Å². The van der Waals surface area contributed by atoms with Crippen LogP contribution in [0.1, 0.15) is 5.56 Å². The first-order valence-electron chi connectivity index (χ1n) is 4.05. The van der Waals surface area contributed by atoms with Crippen LogP contribution < -0.4 is 5.73 Å². The summed E-state index contributed by atoms with van der Waals surface area (Å²) in [5.74, 6) is -0.516. The zero-order chi connectivity index (χ0) is 9.97. The fourth-order valence-electron chi connectivity index (χ4n) is 1.10. The maximum absolute atomic E-state index is 13.2. The molecule has 2 N–H and O–H groups in total. The highest BCUT2D eigenvalue weighted by Crippen LogP contribution is 2.17. The molecule has 0 aliphatic rings. The lowest BCUT2D eigenvalue weighted by atomic mass is 10.2. The van der Waals surface area contributed by atoms with Crippen molar-refractivity contribution in [3.05, 3.63) is 34.5 Å². The highest BCUT2D eigenvalue weighted by molar-refractivity contribution is 7.07. The van der Waals surface area contributed by atoms with Gasteiger partial charge in [-0.05, 0) is 6.07 Å². The van der Waals surface area contributed by atoms with E-state index in [0.29, 0.717) is 17.0 Å². The molecular formula is C9H8FN3S. The van der Waals surface area contributed by atoms with Crippen LogP contribution in [0.15, 0.2) is 23.0 Å². The zero-order valence-corrected chi connectivity index (χ0v) is 8.09. The summed E-state index contributed by atoms with van der Waals surface area (Å²) in [4.78, 5) is 7.83. The van der Waals surface area contributed by atoms with Gasteiger partial charge in [-0.3, -0.25) is 0 Å². The van der Waals surface area contributed by atoms with Gasteiger partial charge in [-0.2, -0.15) is 4.39 Å². The van der Waals surface area contributed by atoms with Crippen LogP contribution in [-0.4, -0.2) is 9.97 Å². The number of rotatable bonds is 2. The fraction of sp³-hybridized carbons (Fsp3) is 0.111. The number of halogens is 1. The molecule has 14 heavy (non-hydrogen) atoms. The van der Waals surface area contributed by atoms with E-state index in [1.54, 1.807) is 17.6 Å². The number of hydrogen-bond acceptors (Lipinski definition) is 4. The summed E-state index contributed by atoms with van der Waals surface area (Å²) in [5, 5.41) is 1.82. The summed E-state index contributed by atoms with van der Waals surface area (Å²) in [5.41, 5.74) is 8.67. The number of aromatic nitrogens is 2. The van der Waals surface area contributed by atoms with E-state index in [4.69, 9.17) is 5.73 Å². The second-order valence-corrected chi connectivity index (χ2v) is 3.44. The van der Waals surface area contributed by atoms with Crippen molar-refractivity contribution < 1.29 is 4.39 Å². The molecule has 0 atom stereocenters. The lowest BCUT2D eigenvalue weighted by Gasteiger charge is -2.00. The van der Waals surface area contributed by atoms with Crippen LogP contribution in [0.5, 0.6) is 0 Å². The summed E-state index contributed by atoms with van der Waals surface area (Å²) in [6.07, 6.45) is 0. The van der Waals surface area contributed by atoms with Crippen molar-refractivity contribution in [2.75, 3.05) is 0 Å². The van der Waals surface area contributed by atoms with Gasteiger partial charge in [0.2, 0.25) is 5.95 Å². The Hall–Kier alpha value is -1.33. The van der Waals surface area contributed by atoms with Crippen LogP contribution in [0.25, 0.3) is 11.4 Å². The molecule has 2 aromatic heterocycles. The number of nitrogens with zero attached hydrogens (tertiary/aromatic N) is 2. The maximum atomic E-state index is 13.2. The third-order valence-corrected chi connectivity index (χ3v) is 2.43. The smallest absolute Gasteiger partial charge is 0.217 e. The molecule has 0 saturated heterocycles. The lowest BCUT2D eigenvalue weighted by Crippen LogP contribution is -2.02. The van der Waals surface area contributed by atoms with E-state index in [9.17, 15) is 4.39 Å². The average Bonchev–Trinajstić information content (AvgIpc) is 2.70. The van der Waals surface area contributed by atoms with Crippen molar-refractivity contribution in [3.8, 4) is 11.4 Å². The minimum atomic E-state index is -0.516. The van der Waals surface area contributed by atoms with E-state index in [2.05, 4.69) is 9.97 Å². The normalized spacial score (nSPS) is 10.4. The number of thiazole rings is 1. The summed E-state index contributed by atoms with van der Waals surface area (Å²) in [6.45, 7) is 0.163. The highest BCUT2D eigenvalue weighted by atomic mass is 32.1. The van der Waals surface area contributed by atoms with E-state index in [1.807, 2.05) is 5.38 Å². The number of pyridine rings is 1. The molecular weight excluding hydrogens is 201 g/mol. The third kappa shape index (κ3) is 1.64. The molecule has 0 saturated carbocycles. The Kier molecular flexibility index (Phi) is 2.51.